The number of nitrogens with one attached hydrogen (secondary N) is 1. The van der Waals surface area contributed by atoms with Gasteiger partial charge in [-0.1, -0.05) is 12.1 Å². The Balaban J connectivity index is 2.60. The molecule has 2 rings (SSSR count). The van der Waals surface area contributed by atoms with Crippen LogP contribution in [-0.4, -0.2) is 15.1 Å². The molecule has 2 N–H and O–H groups in total. The van der Waals surface area contributed by atoms with Gasteiger partial charge in [0.1, 0.15) is 5.75 Å². The van der Waals surface area contributed by atoms with Crippen LogP contribution in [0.4, 0.5) is 0 Å². The quantitative estimate of drug-likeness (QED) is 0.757. The molecule has 1 heterocycles. The van der Waals surface area contributed by atoms with Crippen LogP contribution >= 0.6 is 11.6 Å². The minimum absolute atomic E-state index is 0.207. The number of aromatic nitrogens is 2. The zero-order valence-electron chi connectivity index (χ0n) is 7.58. The Morgan fingerprint density at radius 2 is 2.07 bits per heavy atom. The number of imidazole rings is 1. The fourth-order valence-corrected chi connectivity index (χ4v) is 1.59. The molecular weight excluding hydrogens is 200 g/mol. The lowest BCUT2D eigenvalue weighted by molar-refractivity contribution is 0.477. The number of aromatic hydroxyl groups is 1. The molecular formula is C10H9ClN2O. The number of nitrogens with zero attached hydrogens (tertiary/aromatic N) is 1. The van der Waals surface area contributed by atoms with Gasteiger partial charge in [0.05, 0.1) is 5.69 Å². The number of aryl methyl sites for hydroxylation is 1. The summed E-state index contributed by atoms with van der Waals surface area (Å²) >= 11 is 5.72. The van der Waals surface area contributed by atoms with E-state index in [-0.39, 0.29) is 5.75 Å². The van der Waals surface area contributed by atoms with Crippen LogP contribution in [0.25, 0.3) is 11.3 Å². The number of para-hydroxylation sites is 1. The number of hydrogen-bond donors (Lipinski definition) is 2. The largest absolute Gasteiger partial charge is 0.507 e. The van der Waals surface area contributed by atoms with Gasteiger partial charge in [0.2, 0.25) is 5.28 Å². The summed E-state index contributed by atoms with van der Waals surface area (Å²) in [6.45, 7) is 1.86. The molecule has 1 aromatic heterocycles. The van der Waals surface area contributed by atoms with Gasteiger partial charge < -0.3 is 10.1 Å². The molecule has 0 aliphatic carbocycles. The molecule has 72 valence electrons. The van der Waals surface area contributed by atoms with Crippen LogP contribution in [0, 0.1) is 6.92 Å². The SMILES string of the molecule is Cc1[nH]c(Cl)nc1-c1ccccc1O. The van der Waals surface area contributed by atoms with Gasteiger partial charge >= 0.3 is 0 Å². The minimum Gasteiger partial charge on any atom is -0.507 e. The summed E-state index contributed by atoms with van der Waals surface area (Å²) in [5, 5.41) is 9.93. The number of hydrogen-bond acceptors (Lipinski definition) is 2. The zero-order valence-corrected chi connectivity index (χ0v) is 8.34. The van der Waals surface area contributed by atoms with Gasteiger partial charge in [-0.2, -0.15) is 0 Å². The Morgan fingerprint density at radius 3 is 2.64 bits per heavy atom. The van der Waals surface area contributed by atoms with E-state index in [1.807, 2.05) is 13.0 Å². The monoisotopic (exact) mass is 208 g/mol. The summed E-state index contributed by atoms with van der Waals surface area (Å²) < 4.78 is 0. The third-order valence-electron chi connectivity index (χ3n) is 2.01. The van der Waals surface area contributed by atoms with Crippen molar-refractivity contribution >= 4 is 11.6 Å². The maximum atomic E-state index is 9.60. The highest BCUT2D eigenvalue weighted by molar-refractivity contribution is 6.28. The summed E-state index contributed by atoms with van der Waals surface area (Å²) in [5.41, 5.74) is 2.22. The summed E-state index contributed by atoms with van der Waals surface area (Å²) in [4.78, 5) is 6.97. The van der Waals surface area contributed by atoms with Crippen molar-refractivity contribution in [2.24, 2.45) is 0 Å². The van der Waals surface area contributed by atoms with Crippen LogP contribution in [0.2, 0.25) is 5.28 Å². The van der Waals surface area contributed by atoms with Crippen molar-refractivity contribution in [2.75, 3.05) is 0 Å². The predicted octanol–water partition coefficient (Wildman–Crippen LogP) is 2.74. The van der Waals surface area contributed by atoms with Crippen molar-refractivity contribution in [1.82, 2.24) is 9.97 Å². The number of halogens is 1. The fourth-order valence-electron chi connectivity index (χ4n) is 1.36. The molecule has 0 bridgehead atoms. The summed E-state index contributed by atoms with van der Waals surface area (Å²) in [6.07, 6.45) is 0. The Hall–Kier alpha value is -1.48. The lowest BCUT2D eigenvalue weighted by Gasteiger charge is -2.00. The normalized spacial score (nSPS) is 10.4. The molecule has 0 saturated carbocycles. The van der Waals surface area contributed by atoms with E-state index < -0.39 is 0 Å². The van der Waals surface area contributed by atoms with E-state index in [2.05, 4.69) is 9.97 Å². The molecule has 0 spiro atoms. The first-order valence-corrected chi connectivity index (χ1v) is 4.57. The highest BCUT2D eigenvalue weighted by atomic mass is 35.5. The molecule has 14 heavy (non-hydrogen) atoms. The predicted molar refractivity (Wildman–Crippen MR) is 55.4 cm³/mol. The lowest BCUT2D eigenvalue weighted by Crippen LogP contribution is -1.81. The van der Waals surface area contributed by atoms with Gasteiger partial charge in [0, 0.05) is 11.3 Å². The number of rotatable bonds is 1. The van der Waals surface area contributed by atoms with Crippen LogP contribution in [-0.2, 0) is 0 Å². The third kappa shape index (κ3) is 1.46. The van der Waals surface area contributed by atoms with E-state index in [0.29, 0.717) is 16.5 Å². The van der Waals surface area contributed by atoms with E-state index in [1.165, 1.54) is 0 Å². The molecule has 0 aliphatic heterocycles. The smallest absolute Gasteiger partial charge is 0.200 e. The van der Waals surface area contributed by atoms with Crippen LogP contribution in [0.1, 0.15) is 5.69 Å². The maximum absolute atomic E-state index is 9.60. The second kappa shape index (κ2) is 3.35. The first-order valence-electron chi connectivity index (χ1n) is 4.19. The van der Waals surface area contributed by atoms with Gasteiger partial charge in [0.25, 0.3) is 0 Å². The maximum Gasteiger partial charge on any atom is 0.200 e. The van der Waals surface area contributed by atoms with Crippen molar-refractivity contribution in [1.29, 1.82) is 0 Å². The second-order valence-electron chi connectivity index (χ2n) is 3.02. The van der Waals surface area contributed by atoms with E-state index >= 15 is 0 Å². The Bertz CT molecular complexity index is 465. The second-order valence-corrected chi connectivity index (χ2v) is 3.38. The number of aromatic amines is 1. The average Bonchev–Trinajstić information content (AvgIpc) is 2.46. The highest BCUT2D eigenvalue weighted by Crippen LogP contribution is 2.30. The molecule has 0 atom stereocenters. The molecule has 0 unspecified atom stereocenters. The molecule has 3 nitrogen and oxygen atoms in total. The zero-order chi connectivity index (χ0) is 10.1. The van der Waals surface area contributed by atoms with Crippen molar-refractivity contribution in [3.05, 3.63) is 35.2 Å². The average molecular weight is 209 g/mol. The van der Waals surface area contributed by atoms with Crippen LogP contribution in [0.15, 0.2) is 24.3 Å². The Morgan fingerprint density at radius 1 is 1.36 bits per heavy atom. The summed E-state index contributed by atoms with van der Waals surface area (Å²) in [7, 11) is 0. The van der Waals surface area contributed by atoms with Gasteiger partial charge in [-0.3, -0.25) is 0 Å². The number of benzene rings is 1. The van der Waals surface area contributed by atoms with Gasteiger partial charge in [-0.05, 0) is 30.7 Å². The summed E-state index contributed by atoms with van der Waals surface area (Å²) in [5.74, 6) is 0.207. The Labute approximate surface area is 86.4 Å². The topological polar surface area (TPSA) is 48.9 Å². The van der Waals surface area contributed by atoms with Crippen LogP contribution < -0.4 is 0 Å². The highest BCUT2D eigenvalue weighted by Gasteiger charge is 2.10. The van der Waals surface area contributed by atoms with E-state index in [0.717, 1.165) is 5.69 Å². The molecule has 2 aromatic rings. The first-order chi connectivity index (χ1) is 6.68. The molecule has 0 fully saturated rings. The number of phenolic OH excluding ortho intramolecular Hbond substituents is 1. The third-order valence-corrected chi connectivity index (χ3v) is 2.19. The Kier molecular flexibility index (Phi) is 2.17. The lowest BCUT2D eigenvalue weighted by atomic mass is 10.1. The van der Waals surface area contributed by atoms with Gasteiger partial charge in [0.15, 0.2) is 0 Å². The van der Waals surface area contributed by atoms with Gasteiger partial charge in [-0.15, -0.1) is 0 Å². The van der Waals surface area contributed by atoms with Crippen LogP contribution in [0.5, 0.6) is 5.75 Å². The van der Waals surface area contributed by atoms with Crippen LogP contribution in [0.3, 0.4) is 0 Å². The summed E-state index contributed by atoms with van der Waals surface area (Å²) in [6, 6.07) is 7.03. The molecule has 0 radical (unpaired) electrons. The fraction of sp³-hybridized carbons (Fsp3) is 0.100. The van der Waals surface area contributed by atoms with Gasteiger partial charge in [-0.25, -0.2) is 4.98 Å². The molecule has 0 saturated heterocycles. The van der Waals surface area contributed by atoms with E-state index in [9.17, 15) is 5.11 Å². The van der Waals surface area contributed by atoms with Crippen molar-refractivity contribution in [3.63, 3.8) is 0 Å². The van der Waals surface area contributed by atoms with E-state index in [4.69, 9.17) is 11.6 Å². The number of phenols is 1. The molecule has 0 aliphatic rings. The molecule has 1 aromatic carbocycles. The van der Waals surface area contributed by atoms with Crippen molar-refractivity contribution in [2.45, 2.75) is 6.92 Å². The number of H-pyrrole nitrogens is 1. The van der Waals surface area contributed by atoms with E-state index in [1.54, 1.807) is 18.2 Å². The first kappa shape index (κ1) is 9.09. The molecule has 4 heteroatoms. The van der Waals surface area contributed by atoms with Crippen molar-refractivity contribution < 1.29 is 5.11 Å². The minimum atomic E-state index is 0.207. The van der Waals surface area contributed by atoms with Crippen molar-refractivity contribution in [3.8, 4) is 17.0 Å². The standard InChI is InChI=1S/C10H9ClN2O/c1-6-9(13-10(11)12-6)7-4-2-3-5-8(7)14/h2-5,14H,1H3,(H,12,13). The molecule has 0 amide bonds.